The van der Waals surface area contributed by atoms with Gasteiger partial charge in [-0.15, -0.1) is 21.5 Å². The van der Waals surface area contributed by atoms with Crippen LogP contribution >= 0.6 is 11.3 Å². The fourth-order valence-corrected chi connectivity index (χ4v) is 3.17. The molecule has 0 saturated heterocycles. The Balaban J connectivity index is 0.000000511. The Labute approximate surface area is 147 Å². The van der Waals surface area contributed by atoms with Gasteiger partial charge < -0.3 is 16.3 Å². The van der Waals surface area contributed by atoms with Crippen LogP contribution in [0.15, 0.2) is 54.9 Å². The highest BCUT2D eigenvalue weighted by atomic mass is 32.1. The van der Waals surface area contributed by atoms with E-state index in [1.807, 2.05) is 42.5 Å². The van der Waals surface area contributed by atoms with E-state index in [0.29, 0.717) is 0 Å². The first-order valence-corrected chi connectivity index (χ1v) is 8.05. The molecule has 1 aromatic carbocycles. The van der Waals surface area contributed by atoms with Gasteiger partial charge in [0.2, 0.25) is 5.91 Å². The van der Waals surface area contributed by atoms with Gasteiger partial charge in [-0.1, -0.05) is 30.3 Å². The molecule has 0 aliphatic rings. The topological polar surface area (TPSA) is 131 Å². The molecule has 0 fully saturated rings. The van der Waals surface area contributed by atoms with Crippen molar-refractivity contribution >= 4 is 32.3 Å². The molecule has 0 saturated carbocycles. The molecule has 3 rings (SSSR count). The van der Waals surface area contributed by atoms with E-state index in [-0.39, 0.29) is 18.4 Å². The number of fused-ring (bicyclic) bond motifs is 1. The molecule has 4 N–H and O–H groups in total. The van der Waals surface area contributed by atoms with E-state index in [2.05, 4.69) is 10.3 Å². The van der Waals surface area contributed by atoms with Crippen LogP contribution in [0.25, 0.3) is 10.1 Å². The minimum Gasteiger partial charge on any atom is -0.329 e. The van der Waals surface area contributed by atoms with Gasteiger partial charge in [0.25, 0.3) is 5.09 Å². The highest BCUT2D eigenvalue weighted by Crippen LogP contribution is 2.29. The SMILES string of the molecule is NCC(C(=O)Nc1cc2ccncc2s1)c1ccccc1.O=[N+]([O-])O. The Kier molecular flexibility index (Phi) is 6.38. The average Bonchev–Trinajstić information content (AvgIpc) is 2.98. The van der Waals surface area contributed by atoms with Crippen LogP contribution in [0.1, 0.15) is 11.5 Å². The summed E-state index contributed by atoms with van der Waals surface area (Å²) < 4.78 is 1.05. The molecule has 1 amide bonds. The van der Waals surface area contributed by atoms with Crippen LogP contribution in [0.3, 0.4) is 0 Å². The zero-order chi connectivity index (χ0) is 18.2. The van der Waals surface area contributed by atoms with Crippen molar-refractivity contribution in [1.82, 2.24) is 4.98 Å². The van der Waals surface area contributed by atoms with Gasteiger partial charge in [0.15, 0.2) is 0 Å². The van der Waals surface area contributed by atoms with Crippen LogP contribution in [0.2, 0.25) is 0 Å². The fourth-order valence-electron chi connectivity index (χ4n) is 2.23. The predicted octanol–water partition coefficient (Wildman–Crippen LogP) is 2.63. The van der Waals surface area contributed by atoms with Gasteiger partial charge in [0.1, 0.15) is 0 Å². The van der Waals surface area contributed by atoms with Gasteiger partial charge in [-0.25, -0.2) is 0 Å². The smallest absolute Gasteiger partial charge is 0.291 e. The first-order valence-electron chi connectivity index (χ1n) is 7.24. The summed E-state index contributed by atoms with van der Waals surface area (Å²) in [6, 6.07) is 13.5. The van der Waals surface area contributed by atoms with Crippen LogP contribution in [0.5, 0.6) is 0 Å². The lowest BCUT2D eigenvalue weighted by molar-refractivity contribution is -0.742. The number of anilines is 1. The number of nitrogens with one attached hydrogen (secondary N) is 1. The van der Waals surface area contributed by atoms with E-state index in [1.54, 1.807) is 12.4 Å². The lowest BCUT2D eigenvalue weighted by Crippen LogP contribution is -2.27. The van der Waals surface area contributed by atoms with Gasteiger partial charge in [-0.05, 0) is 23.1 Å². The molecule has 0 bridgehead atoms. The molecular formula is C16H16N4O4S. The lowest BCUT2D eigenvalue weighted by atomic mass is 9.98. The molecule has 130 valence electrons. The maximum absolute atomic E-state index is 12.4. The molecule has 0 aliphatic heterocycles. The van der Waals surface area contributed by atoms with Crippen molar-refractivity contribution in [2.24, 2.45) is 5.73 Å². The number of carbonyl (C=O) groups excluding carboxylic acids is 1. The maximum Gasteiger partial charge on any atom is 0.291 e. The van der Waals surface area contributed by atoms with Gasteiger partial charge in [0, 0.05) is 18.9 Å². The Hall–Kier alpha value is -3.04. The van der Waals surface area contributed by atoms with E-state index in [4.69, 9.17) is 21.1 Å². The van der Waals surface area contributed by atoms with Crippen molar-refractivity contribution in [2.75, 3.05) is 11.9 Å². The number of thiophene rings is 1. The number of benzene rings is 1. The summed E-state index contributed by atoms with van der Waals surface area (Å²) in [6.07, 6.45) is 3.54. The monoisotopic (exact) mass is 360 g/mol. The Morgan fingerprint density at radius 3 is 2.64 bits per heavy atom. The second-order valence-electron chi connectivity index (χ2n) is 4.95. The summed E-state index contributed by atoms with van der Waals surface area (Å²) in [7, 11) is 0. The van der Waals surface area contributed by atoms with E-state index < -0.39 is 5.09 Å². The quantitative estimate of drug-likeness (QED) is 0.484. The first-order chi connectivity index (χ1) is 12.0. The fraction of sp³-hybridized carbons (Fsp3) is 0.125. The second-order valence-corrected chi connectivity index (χ2v) is 6.03. The van der Waals surface area contributed by atoms with E-state index in [0.717, 1.165) is 20.7 Å². The third kappa shape index (κ3) is 5.23. The third-order valence-corrected chi connectivity index (χ3v) is 4.32. The molecule has 2 aromatic heterocycles. The molecule has 9 heteroatoms. The van der Waals surface area contributed by atoms with Crippen LogP contribution < -0.4 is 11.1 Å². The maximum atomic E-state index is 12.4. The van der Waals surface area contributed by atoms with E-state index >= 15 is 0 Å². The van der Waals surface area contributed by atoms with E-state index in [1.165, 1.54) is 11.3 Å². The Morgan fingerprint density at radius 1 is 1.36 bits per heavy atom. The van der Waals surface area contributed by atoms with Gasteiger partial charge in [-0.3, -0.25) is 9.78 Å². The number of pyridine rings is 1. The number of amides is 1. The van der Waals surface area contributed by atoms with Gasteiger partial charge in [-0.2, -0.15) is 0 Å². The standard InChI is InChI=1S/C16H15N3OS.HNO3/c17-9-13(11-4-2-1-3-5-11)16(20)19-15-8-12-6-7-18-10-14(12)21-15;2-1(3)4/h1-8,10,13H,9,17H2,(H,19,20);(H,2,3,4). The molecule has 3 aromatic rings. The molecule has 1 unspecified atom stereocenters. The minimum atomic E-state index is -1.50. The average molecular weight is 360 g/mol. The highest BCUT2D eigenvalue weighted by Gasteiger charge is 2.19. The van der Waals surface area contributed by atoms with Crippen molar-refractivity contribution in [3.8, 4) is 0 Å². The summed E-state index contributed by atoms with van der Waals surface area (Å²) in [5.41, 5.74) is 6.70. The zero-order valence-corrected chi connectivity index (χ0v) is 13.8. The largest absolute Gasteiger partial charge is 0.329 e. The van der Waals surface area contributed by atoms with Crippen molar-refractivity contribution in [3.05, 3.63) is 70.5 Å². The highest BCUT2D eigenvalue weighted by molar-refractivity contribution is 7.22. The molecule has 8 nitrogen and oxygen atoms in total. The van der Waals surface area contributed by atoms with Crippen LogP contribution in [-0.2, 0) is 4.79 Å². The predicted molar refractivity (Wildman–Crippen MR) is 95.3 cm³/mol. The minimum absolute atomic E-state index is 0.0804. The summed E-state index contributed by atoms with van der Waals surface area (Å²) in [4.78, 5) is 24.9. The number of hydrogen-bond acceptors (Lipinski definition) is 6. The number of hydrogen-bond donors (Lipinski definition) is 3. The van der Waals surface area contributed by atoms with Crippen molar-refractivity contribution in [3.63, 3.8) is 0 Å². The molecule has 0 aliphatic carbocycles. The molecular weight excluding hydrogens is 344 g/mol. The Morgan fingerprint density at radius 2 is 2.04 bits per heavy atom. The van der Waals surface area contributed by atoms with Crippen LogP contribution in [0, 0.1) is 10.1 Å². The summed E-state index contributed by atoms with van der Waals surface area (Å²) >= 11 is 1.51. The molecule has 2 heterocycles. The molecule has 25 heavy (non-hydrogen) atoms. The first kappa shape index (κ1) is 18.3. The molecule has 1 atom stereocenters. The summed E-state index contributed by atoms with van der Waals surface area (Å²) in [5.74, 6) is -0.419. The van der Waals surface area contributed by atoms with Crippen molar-refractivity contribution < 1.29 is 15.1 Å². The van der Waals surface area contributed by atoms with E-state index in [9.17, 15) is 4.79 Å². The summed E-state index contributed by atoms with van der Waals surface area (Å²) in [5, 5.41) is 18.5. The van der Waals surface area contributed by atoms with Gasteiger partial charge in [0.05, 0.1) is 15.6 Å². The number of nitrogens with zero attached hydrogens (tertiary/aromatic N) is 2. The zero-order valence-electron chi connectivity index (χ0n) is 13.0. The van der Waals surface area contributed by atoms with Crippen molar-refractivity contribution in [1.29, 1.82) is 0 Å². The second kappa shape index (κ2) is 8.71. The van der Waals surface area contributed by atoms with Crippen LogP contribution in [0.4, 0.5) is 5.00 Å². The third-order valence-electron chi connectivity index (χ3n) is 3.32. The van der Waals surface area contributed by atoms with Crippen LogP contribution in [-0.4, -0.2) is 27.7 Å². The number of aromatic nitrogens is 1. The van der Waals surface area contributed by atoms with Gasteiger partial charge >= 0.3 is 0 Å². The Bertz CT molecular complexity index is 816. The summed E-state index contributed by atoms with van der Waals surface area (Å²) in [6.45, 7) is 0.280. The number of carbonyl (C=O) groups is 1. The van der Waals surface area contributed by atoms with Crippen molar-refractivity contribution in [2.45, 2.75) is 5.92 Å². The molecule has 0 radical (unpaired) electrons. The molecule has 0 spiro atoms. The number of rotatable bonds is 4. The lowest BCUT2D eigenvalue weighted by Gasteiger charge is -2.14. The number of nitrogens with two attached hydrogens (primary N) is 1. The normalized spacial score (nSPS) is 11.2.